The van der Waals surface area contributed by atoms with Crippen LogP contribution in [-0.2, 0) is 18.9 Å². The van der Waals surface area contributed by atoms with Crippen LogP contribution in [0.5, 0.6) is 5.88 Å². The number of amides is 1. The number of fused-ring (bicyclic) bond motifs is 1. The lowest BCUT2D eigenvalue weighted by molar-refractivity contribution is 0.0122. The standard InChI is InChI=1S/C43H64N6O6Si2/c1-12-53-32(2)38-40(54-35-20-22-47(23-21-35)42(50)55-43(3,4)5)46-39-36(34-18-19-37(44-28-34)33-16-14-13-15-17-33)29-45-49(39)41(38)48(30-51-24-26-56(6,7)8)31-52-25-27-57(9,10)11/h13-19,28-29,35H,2,12,20-27,30-31H2,1,3-11H3. The number of pyridine rings is 1. The van der Waals surface area contributed by atoms with Crippen LogP contribution in [0.4, 0.5) is 10.6 Å². The van der Waals surface area contributed by atoms with Crippen molar-refractivity contribution in [2.24, 2.45) is 0 Å². The molecule has 0 aliphatic carbocycles. The predicted octanol–water partition coefficient (Wildman–Crippen LogP) is 9.67. The molecule has 1 saturated heterocycles. The highest BCUT2D eigenvalue weighted by atomic mass is 28.3. The van der Waals surface area contributed by atoms with E-state index in [4.69, 9.17) is 38.8 Å². The molecule has 0 N–H and O–H groups in total. The van der Waals surface area contributed by atoms with Gasteiger partial charge in [0.1, 0.15) is 36.5 Å². The molecule has 0 atom stereocenters. The Bertz CT molecular complexity index is 1910. The number of nitrogens with zero attached hydrogens (tertiary/aromatic N) is 6. The van der Waals surface area contributed by atoms with E-state index in [-0.39, 0.29) is 25.7 Å². The summed E-state index contributed by atoms with van der Waals surface area (Å²) in [5.41, 5.74) is 4.16. The SMILES string of the molecule is C=C(OCC)c1c(OC2CCN(C(=O)OC(C)(C)C)CC2)nc2c(-c3ccc(-c4ccccc4)nc3)cnn2c1N(COCC[Si](C)(C)C)COCC[Si](C)(C)C. The number of ether oxygens (including phenoxy) is 5. The number of piperidine rings is 1. The van der Waals surface area contributed by atoms with Gasteiger partial charge in [0.05, 0.1) is 18.5 Å². The first kappa shape index (κ1) is 43.9. The molecule has 3 aromatic heterocycles. The molecule has 1 fully saturated rings. The van der Waals surface area contributed by atoms with Crippen LogP contribution in [-0.4, -0.2) is 105 Å². The fraction of sp³-hybridized carbons (Fsp3) is 0.535. The van der Waals surface area contributed by atoms with E-state index < -0.39 is 21.7 Å². The minimum absolute atomic E-state index is 0.229. The van der Waals surface area contributed by atoms with Crippen molar-refractivity contribution in [3.63, 3.8) is 0 Å². The van der Waals surface area contributed by atoms with Gasteiger partial charge in [-0.3, -0.25) is 4.98 Å². The van der Waals surface area contributed by atoms with Crippen LogP contribution in [0, 0.1) is 0 Å². The summed E-state index contributed by atoms with van der Waals surface area (Å²) in [5, 5.41) is 4.96. The number of rotatable bonds is 18. The molecule has 14 heteroatoms. The molecule has 0 saturated carbocycles. The molecule has 0 radical (unpaired) electrons. The van der Waals surface area contributed by atoms with Gasteiger partial charge in [-0.25, -0.2) is 4.79 Å². The summed E-state index contributed by atoms with van der Waals surface area (Å²) in [7, 11) is -2.70. The zero-order chi connectivity index (χ0) is 41.4. The van der Waals surface area contributed by atoms with Gasteiger partial charge in [-0.1, -0.05) is 82.3 Å². The summed E-state index contributed by atoms with van der Waals surface area (Å²) < 4.78 is 33.4. The molecule has 57 heavy (non-hydrogen) atoms. The van der Waals surface area contributed by atoms with Gasteiger partial charge < -0.3 is 33.5 Å². The van der Waals surface area contributed by atoms with Crippen molar-refractivity contribution in [1.82, 2.24) is 24.5 Å². The average Bonchev–Trinajstić information content (AvgIpc) is 3.56. The fourth-order valence-electron chi connectivity index (χ4n) is 6.27. The van der Waals surface area contributed by atoms with Gasteiger partial charge in [-0.05, 0) is 45.8 Å². The Morgan fingerprint density at radius 1 is 0.895 bits per heavy atom. The summed E-state index contributed by atoms with van der Waals surface area (Å²) in [6.45, 7) is 29.2. The van der Waals surface area contributed by atoms with Gasteiger partial charge in [0, 0.05) is 78.2 Å². The van der Waals surface area contributed by atoms with E-state index in [2.05, 4.69) is 45.9 Å². The van der Waals surface area contributed by atoms with Crippen LogP contribution in [0.1, 0.15) is 46.1 Å². The van der Waals surface area contributed by atoms with Crippen molar-refractivity contribution in [3.05, 3.63) is 67.0 Å². The van der Waals surface area contributed by atoms with E-state index in [0.29, 0.717) is 74.4 Å². The molecule has 1 amide bonds. The monoisotopic (exact) mass is 816 g/mol. The van der Waals surface area contributed by atoms with E-state index in [0.717, 1.165) is 34.5 Å². The highest BCUT2D eigenvalue weighted by molar-refractivity contribution is 6.76. The van der Waals surface area contributed by atoms with Crippen molar-refractivity contribution in [1.29, 1.82) is 0 Å². The molecule has 5 rings (SSSR count). The molecule has 0 spiro atoms. The Balaban J connectivity index is 1.59. The molecule has 4 heterocycles. The third-order valence-corrected chi connectivity index (χ3v) is 12.9. The van der Waals surface area contributed by atoms with E-state index in [1.165, 1.54) is 0 Å². The zero-order valence-corrected chi connectivity index (χ0v) is 37.9. The molecule has 1 aromatic carbocycles. The van der Waals surface area contributed by atoms with Crippen LogP contribution < -0.4 is 9.64 Å². The van der Waals surface area contributed by atoms with Crippen molar-refractivity contribution < 1.29 is 28.5 Å². The van der Waals surface area contributed by atoms with Crippen molar-refractivity contribution >= 4 is 39.5 Å². The molecule has 0 bridgehead atoms. The number of anilines is 1. The quantitative estimate of drug-likeness (QED) is 0.0417. The summed E-state index contributed by atoms with van der Waals surface area (Å²) in [4.78, 5) is 26.7. The lowest BCUT2D eigenvalue weighted by atomic mass is 10.1. The van der Waals surface area contributed by atoms with Crippen LogP contribution in [0.2, 0.25) is 51.4 Å². The topological polar surface area (TPSA) is 113 Å². The lowest BCUT2D eigenvalue weighted by Crippen LogP contribution is -2.44. The smallest absolute Gasteiger partial charge is 0.410 e. The summed E-state index contributed by atoms with van der Waals surface area (Å²) in [6, 6.07) is 16.2. The van der Waals surface area contributed by atoms with Crippen LogP contribution in [0.3, 0.4) is 0 Å². The number of aromatic nitrogens is 4. The average molecular weight is 817 g/mol. The Morgan fingerprint density at radius 2 is 1.53 bits per heavy atom. The first-order chi connectivity index (χ1) is 26.9. The first-order valence-corrected chi connectivity index (χ1v) is 27.6. The Hall–Kier alpha value is -4.25. The third-order valence-electron chi connectivity index (χ3n) is 9.49. The summed E-state index contributed by atoms with van der Waals surface area (Å²) in [5.74, 6) is 1.43. The van der Waals surface area contributed by atoms with Gasteiger partial charge in [0.25, 0.3) is 0 Å². The van der Waals surface area contributed by atoms with E-state index in [9.17, 15) is 4.79 Å². The van der Waals surface area contributed by atoms with Gasteiger partial charge in [0.2, 0.25) is 5.88 Å². The maximum absolute atomic E-state index is 12.9. The summed E-state index contributed by atoms with van der Waals surface area (Å²) >= 11 is 0. The number of carbonyl (C=O) groups excluding carboxylic acids is 1. The number of likely N-dealkylation sites (tertiary alicyclic amines) is 1. The second-order valence-corrected chi connectivity index (χ2v) is 29.3. The van der Waals surface area contributed by atoms with Gasteiger partial charge in [-0.2, -0.15) is 14.6 Å². The Labute approximate surface area is 341 Å². The van der Waals surface area contributed by atoms with Crippen LogP contribution in [0.25, 0.3) is 33.8 Å². The Morgan fingerprint density at radius 3 is 2.07 bits per heavy atom. The van der Waals surface area contributed by atoms with Gasteiger partial charge >= 0.3 is 6.09 Å². The number of benzene rings is 1. The first-order valence-electron chi connectivity index (χ1n) is 20.2. The second-order valence-electron chi connectivity index (χ2n) is 18.1. The Kier molecular flexibility index (Phi) is 14.6. The van der Waals surface area contributed by atoms with E-state index in [1.807, 2.05) is 92.0 Å². The van der Waals surface area contributed by atoms with Crippen LogP contribution >= 0.6 is 0 Å². The fourth-order valence-corrected chi connectivity index (χ4v) is 7.78. The maximum atomic E-state index is 12.9. The van der Waals surface area contributed by atoms with Gasteiger partial charge in [-0.15, -0.1) is 0 Å². The van der Waals surface area contributed by atoms with E-state index >= 15 is 0 Å². The van der Waals surface area contributed by atoms with Crippen molar-refractivity contribution in [3.8, 4) is 28.3 Å². The minimum Gasteiger partial charge on any atom is -0.494 e. The second kappa shape index (κ2) is 19.0. The molecule has 0 unspecified atom stereocenters. The predicted molar refractivity (Wildman–Crippen MR) is 234 cm³/mol. The molecular weight excluding hydrogens is 753 g/mol. The lowest BCUT2D eigenvalue weighted by Gasteiger charge is -2.34. The number of carbonyl (C=O) groups is 1. The largest absolute Gasteiger partial charge is 0.494 e. The molecule has 1 aliphatic heterocycles. The highest BCUT2D eigenvalue weighted by Gasteiger charge is 2.32. The molecular formula is C43H64N6O6Si2. The number of hydrogen-bond acceptors (Lipinski definition) is 10. The normalized spacial score (nSPS) is 14.2. The molecule has 12 nitrogen and oxygen atoms in total. The number of hydrogen-bond donors (Lipinski definition) is 0. The molecule has 4 aromatic rings. The highest BCUT2D eigenvalue weighted by Crippen LogP contribution is 2.39. The zero-order valence-electron chi connectivity index (χ0n) is 35.9. The van der Waals surface area contributed by atoms with Crippen molar-refractivity contribution in [2.75, 3.05) is 51.3 Å². The van der Waals surface area contributed by atoms with Crippen molar-refractivity contribution in [2.45, 2.75) is 104 Å². The molecule has 1 aliphatic rings. The van der Waals surface area contributed by atoms with Gasteiger partial charge in [0.15, 0.2) is 11.5 Å². The minimum atomic E-state index is -1.35. The summed E-state index contributed by atoms with van der Waals surface area (Å²) in [6.07, 6.45) is 4.33. The maximum Gasteiger partial charge on any atom is 0.410 e. The van der Waals surface area contributed by atoms with E-state index in [1.54, 1.807) is 4.90 Å². The van der Waals surface area contributed by atoms with Crippen LogP contribution in [0.15, 0.2) is 61.4 Å². The molecule has 310 valence electrons. The third kappa shape index (κ3) is 12.6.